The van der Waals surface area contributed by atoms with E-state index in [-0.39, 0.29) is 41.6 Å². The third-order valence-corrected chi connectivity index (χ3v) is 5.58. The Bertz CT molecular complexity index is 966. The molecule has 2 atom stereocenters. The van der Waals surface area contributed by atoms with Crippen molar-refractivity contribution in [2.75, 3.05) is 20.3 Å². The molecule has 1 N–H and O–H groups in total. The van der Waals surface area contributed by atoms with Crippen molar-refractivity contribution >= 4 is 17.5 Å². The van der Waals surface area contributed by atoms with Gasteiger partial charge in [0.05, 0.1) is 12.0 Å². The van der Waals surface area contributed by atoms with Crippen LogP contribution in [0.3, 0.4) is 0 Å². The zero-order chi connectivity index (χ0) is 25.1. The molecule has 34 heavy (non-hydrogen) atoms. The standard InChI is InChI=1S/C25H33N3O6/c1-5-18(3)26-25(30)21(6-2)27(15-14-19-10-8-7-9-11-19)24(29)17-34-20-12-13-22(28(31)32)23(16-20)33-4/h7-13,16,18,21H,5-6,14-15,17H2,1-4H3,(H,26,30)/t18-,21+/m1/s1. The van der Waals surface area contributed by atoms with Crippen LogP contribution >= 0.6 is 0 Å². The molecule has 0 aliphatic carbocycles. The van der Waals surface area contributed by atoms with Gasteiger partial charge in [0.25, 0.3) is 5.91 Å². The second-order valence-electron chi connectivity index (χ2n) is 7.94. The van der Waals surface area contributed by atoms with Crippen LogP contribution in [-0.4, -0.2) is 54.0 Å². The van der Waals surface area contributed by atoms with E-state index < -0.39 is 11.0 Å². The molecule has 0 spiro atoms. The lowest BCUT2D eigenvalue weighted by atomic mass is 10.1. The fourth-order valence-electron chi connectivity index (χ4n) is 3.46. The first-order valence-electron chi connectivity index (χ1n) is 11.4. The number of hydrogen-bond donors (Lipinski definition) is 1. The van der Waals surface area contributed by atoms with E-state index in [2.05, 4.69) is 5.32 Å². The fourth-order valence-corrected chi connectivity index (χ4v) is 3.46. The first kappa shape index (κ1) is 26.6. The predicted octanol–water partition coefficient (Wildman–Crippen LogP) is 3.75. The summed E-state index contributed by atoms with van der Waals surface area (Å²) in [5, 5.41) is 14.1. The monoisotopic (exact) mass is 471 g/mol. The molecule has 9 nitrogen and oxygen atoms in total. The summed E-state index contributed by atoms with van der Waals surface area (Å²) in [4.78, 5) is 38.2. The summed E-state index contributed by atoms with van der Waals surface area (Å²) in [6, 6.07) is 13.1. The van der Waals surface area contributed by atoms with Gasteiger partial charge in [-0.25, -0.2) is 0 Å². The lowest BCUT2D eigenvalue weighted by Crippen LogP contribution is -2.52. The van der Waals surface area contributed by atoms with Crippen molar-refractivity contribution < 1.29 is 24.0 Å². The third kappa shape index (κ3) is 7.47. The predicted molar refractivity (Wildman–Crippen MR) is 129 cm³/mol. The highest BCUT2D eigenvalue weighted by Gasteiger charge is 2.29. The summed E-state index contributed by atoms with van der Waals surface area (Å²) in [6.07, 6.45) is 1.82. The zero-order valence-corrected chi connectivity index (χ0v) is 20.2. The minimum atomic E-state index is -0.639. The molecule has 9 heteroatoms. The van der Waals surface area contributed by atoms with Crippen LogP contribution in [-0.2, 0) is 16.0 Å². The van der Waals surface area contributed by atoms with Crippen LogP contribution in [0, 0.1) is 10.1 Å². The summed E-state index contributed by atoms with van der Waals surface area (Å²) < 4.78 is 10.7. The van der Waals surface area contributed by atoms with E-state index in [0.29, 0.717) is 19.4 Å². The minimum Gasteiger partial charge on any atom is -0.490 e. The van der Waals surface area contributed by atoms with Crippen molar-refractivity contribution in [3.05, 3.63) is 64.2 Å². The normalized spacial score (nSPS) is 12.4. The Kier molecular flexibility index (Phi) is 10.3. The molecule has 0 saturated carbocycles. The maximum atomic E-state index is 13.2. The number of carbonyl (C=O) groups is 2. The van der Waals surface area contributed by atoms with E-state index in [9.17, 15) is 19.7 Å². The first-order valence-corrected chi connectivity index (χ1v) is 11.4. The molecule has 2 rings (SSSR count). The highest BCUT2D eigenvalue weighted by Crippen LogP contribution is 2.30. The second-order valence-corrected chi connectivity index (χ2v) is 7.94. The molecule has 0 heterocycles. The van der Waals surface area contributed by atoms with Gasteiger partial charge >= 0.3 is 5.69 Å². The summed E-state index contributed by atoms with van der Waals surface area (Å²) in [5.74, 6) is -0.249. The number of nitro benzene ring substituents is 1. The van der Waals surface area contributed by atoms with E-state index in [1.165, 1.54) is 25.3 Å². The van der Waals surface area contributed by atoms with Crippen LogP contribution in [0.15, 0.2) is 48.5 Å². The van der Waals surface area contributed by atoms with Gasteiger partial charge in [0.15, 0.2) is 6.61 Å². The molecule has 2 aromatic carbocycles. The van der Waals surface area contributed by atoms with Crippen molar-refractivity contribution in [3.63, 3.8) is 0 Å². The number of ether oxygens (including phenoxy) is 2. The largest absolute Gasteiger partial charge is 0.490 e. The van der Waals surface area contributed by atoms with Crippen molar-refractivity contribution in [1.82, 2.24) is 10.2 Å². The molecular formula is C25H33N3O6. The molecule has 2 aromatic rings. The molecule has 0 fully saturated rings. The van der Waals surface area contributed by atoms with E-state index in [4.69, 9.17) is 9.47 Å². The summed E-state index contributed by atoms with van der Waals surface area (Å²) >= 11 is 0. The van der Waals surface area contributed by atoms with Crippen LogP contribution in [0.5, 0.6) is 11.5 Å². The van der Waals surface area contributed by atoms with Gasteiger partial charge in [-0.15, -0.1) is 0 Å². The van der Waals surface area contributed by atoms with Crippen molar-refractivity contribution in [1.29, 1.82) is 0 Å². The number of nitrogens with zero attached hydrogens (tertiary/aromatic N) is 2. The number of nitrogens with one attached hydrogen (secondary N) is 1. The minimum absolute atomic E-state index is 0.00329. The highest BCUT2D eigenvalue weighted by molar-refractivity contribution is 5.88. The Morgan fingerprint density at radius 3 is 2.41 bits per heavy atom. The van der Waals surface area contributed by atoms with Crippen LogP contribution in [0.1, 0.15) is 39.2 Å². The average Bonchev–Trinajstić information content (AvgIpc) is 2.85. The Hall–Kier alpha value is -3.62. The molecule has 0 aromatic heterocycles. The maximum Gasteiger partial charge on any atom is 0.311 e. The number of nitro groups is 1. The summed E-state index contributed by atoms with van der Waals surface area (Å²) in [6.45, 7) is 5.80. The third-order valence-electron chi connectivity index (χ3n) is 5.58. The molecule has 0 unspecified atom stereocenters. The molecule has 184 valence electrons. The molecule has 0 bridgehead atoms. The first-order chi connectivity index (χ1) is 16.3. The summed E-state index contributed by atoms with van der Waals surface area (Å²) in [7, 11) is 1.32. The quantitative estimate of drug-likeness (QED) is 0.352. The molecule has 2 amide bonds. The Labute approximate surface area is 200 Å². The van der Waals surface area contributed by atoms with E-state index in [0.717, 1.165) is 12.0 Å². The van der Waals surface area contributed by atoms with Crippen LogP contribution < -0.4 is 14.8 Å². The van der Waals surface area contributed by atoms with Gasteiger partial charge in [0.2, 0.25) is 11.7 Å². The van der Waals surface area contributed by atoms with Crippen LogP contribution in [0.25, 0.3) is 0 Å². The zero-order valence-electron chi connectivity index (χ0n) is 20.2. The number of rotatable bonds is 13. The number of amides is 2. The number of carbonyl (C=O) groups excluding carboxylic acids is 2. The Balaban J connectivity index is 2.18. The summed E-state index contributed by atoms with van der Waals surface area (Å²) in [5.41, 5.74) is 0.858. The van der Waals surface area contributed by atoms with Crippen LogP contribution in [0.2, 0.25) is 0 Å². The van der Waals surface area contributed by atoms with E-state index in [1.54, 1.807) is 4.90 Å². The number of hydrogen-bond acceptors (Lipinski definition) is 6. The van der Waals surface area contributed by atoms with Gasteiger partial charge in [-0.1, -0.05) is 44.2 Å². The number of benzene rings is 2. The smallest absolute Gasteiger partial charge is 0.311 e. The van der Waals surface area contributed by atoms with Gasteiger partial charge in [-0.05, 0) is 37.8 Å². The molecular weight excluding hydrogens is 438 g/mol. The SMILES string of the molecule is CC[C@@H](C)NC(=O)[C@H](CC)N(CCc1ccccc1)C(=O)COc1ccc([N+](=O)[O-])c(OC)c1. The van der Waals surface area contributed by atoms with Crippen molar-refractivity contribution in [2.45, 2.75) is 52.1 Å². The second kappa shape index (κ2) is 13.2. The lowest BCUT2D eigenvalue weighted by molar-refractivity contribution is -0.385. The van der Waals surface area contributed by atoms with Gasteiger partial charge < -0.3 is 19.7 Å². The lowest BCUT2D eigenvalue weighted by Gasteiger charge is -2.31. The number of methoxy groups -OCH3 is 1. The maximum absolute atomic E-state index is 13.2. The molecule has 0 saturated heterocycles. The van der Waals surface area contributed by atoms with Gasteiger partial charge in [-0.2, -0.15) is 0 Å². The highest BCUT2D eigenvalue weighted by atomic mass is 16.6. The van der Waals surface area contributed by atoms with Crippen molar-refractivity contribution in [3.8, 4) is 11.5 Å². The average molecular weight is 472 g/mol. The van der Waals surface area contributed by atoms with Gasteiger partial charge in [-0.3, -0.25) is 19.7 Å². The Morgan fingerprint density at radius 2 is 1.82 bits per heavy atom. The molecule has 0 aliphatic rings. The van der Waals surface area contributed by atoms with Gasteiger partial charge in [0, 0.05) is 24.7 Å². The Morgan fingerprint density at radius 1 is 1.12 bits per heavy atom. The van der Waals surface area contributed by atoms with Crippen molar-refractivity contribution in [2.24, 2.45) is 0 Å². The molecule has 0 radical (unpaired) electrons. The van der Waals surface area contributed by atoms with E-state index >= 15 is 0 Å². The fraction of sp³-hybridized carbons (Fsp3) is 0.440. The van der Waals surface area contributed by atoms with E-state index in [1.807, 2.05) is 51.1 Å². The van der Waals surface area contributed by atoms with Crippen LogP contribution in [0.4, 0.5) is 5.69 Å². The topological polar surface area (TPSA) is 111 Å². The van der Waals surface area contributed by atoms with Gasteiger partial charge in [0.1, 0.15) is 11.8 Å². The molecule has 0 aliphatic heterocycles.